The molecule has 7 nitrogen and oxygen atoms in total. The summed E-state index contributed by atoms with van der Waals surface area (Å²) in [5.41, 5.74) is 0.363. The van der Waals surface area contributed by atoms with Gasteiger partial charge in [-0.25, -0.2) is 4.79 Å². The zero-order chi connectivity index (χ0) is 15.4. The minimum absolute atomic E-state index is 0.0156. The minimum atomic E-state index is -1.10. The molecule has 1 aromatic heterocycles. The summed E-state index contributed by atoms with van der Waals surface area (Å²) in [5.74, 6) is -1.64. The molecule has 0 spiro atoms. The fourth-order valence-corrected chi connectivity index (χ4v) is 2.35. The van der Waals surface area contributed by atoms with Crippen LogP contribution >= 0.6 is 0 Å². The topological polar surface area (TPSA) is 99.6 Å². The van der Waals surface area contributed by atoms with Crippen molar-refractivity contribution in [2.24, 2.45) is 5.92 Å². The van der Waals surface area contributed by atoms with Gasteiger partial charge in [-0.05, 0) is 18.9 Å². The molecule has 0 aliphatic carbocycles. The highest BCUT2D eigenvalue weighted by molar-refractivity contribution is 5.95. The maximum absolute atomic E-state index is 12.2. The molecule has 1 unspecified atom stereocenters. The molecule has 0 aromatic carbocycles. The molecule has 1 atom stereocenters. The van der Waals surface area contributed by atoms with E-state index < -0.39 is 5.97 Å². The third-order valence-corrected chi connectivity index (χ3v) is 3.49. The van der Waals surface area contributed by atoms with Gasteiger partial charge in [-0.2, -0.15) is 0 Å². The van der Waals surface area contributed by atoms with Crippen molar-refractivity contribution in [3.05, 3.63) is 24.0 Å². The van der Waals surface area contributed by atoms with Crippen LogP contribution in [0.2, 0.25) is 0 Å². The second kappa shape index (κ2) is 6.34. The molecule has 2 heterocycles. The van der Waals surface area contributed by atoms with Crippen molar-refractivity contribution >= 4 is 23.5 Å². The first-order chi connectivity index (χ1) is 9.97. The van der Waals surface area contributed by atoms with Gasteiger partial charge in [0.1, 0.15) is 0 Å². The molecule has 1 aliphatic rings. The van der Waals surface area contributed by atoms with Crippen LogP contribution in [-0.4, -0.2) is 45.9 Å². The molecule has 1 aliphatic heterocycles. The SMILES string of the molecule is CC(=O)N1CCCC(C(=O)Nc2cncc(C(=O)O)c2)C1. The summed E-state index contributed by atoms with van der Waals surface area (Å²) in [7, 11) is 0. The fraction of sp³-hybridized carbons (Fsp3) is 0.429. The monoisotopic (exact) mass is 291 g/mol. The quantitative estimate of drug-likeness (QED) is 0.864. The lowest BCUT2D eigenvalue weighted by molar-refractivity contribution is -0.132. The van der Waals surface area contributed by atoms with E-state index in [9.17, 15) is 14.4 Å². The molecular formula is C14H17N3O4. The molecule has 0 radical (unpaired) electrons. The van der Waals surface area contributed by atoms with Gasteiger partial charge in [0, 0.05) is 26.2 Å². The number of nitrogens with zero attached hydrogens (tertiary/aromatic N) is 2. The Hall–Kier alpha value is -2.44. The lowest BCUT2D eigenvalue weighted by Crippen LogP contribution is -2.42. The summed E-state index contributed by atoms with van der Waals surface area (Å²) in [5, 5.41) is 11.6. The van der Waals surface area contributed by atoms with Crippen molar-refractivity contribution in [2.75, 3.05) is 18.4 Å². The summed E-state index contributed by atoms with van der Waals surface area (Å²) in [4.78, 5) is 39.9. The highest BCUT2D eigenvalue weighted by Gasteiger charge is 2.27. The van der Waals surface area contributed by atoms with Gasteiger partial charge in [-0.1, -0.05) is 0 Å². The van der Waals surface area contributed by atoms with E-state index in [4.69, 9.17) is 5.11 Å². The largest absolute Gasteiger partial charge is 0.478 e. The Labute approximate surface area is 122 Å². The number of hydrogen-bond acceptors (Lipinski definition) is 4. The molecule has 21 heavy (non-hydrogen) atoms. The van der Waals surface area contributed by atoms with E-state index in [0.717, 1.165) is 6.42 Å². The van der Waals surface area contributed by atoms with E-state index in [2.05, 4.69) is 10.3 Å². The van der Waals surface area contributed by atoms with Crippen molar-refractivity contribution < 1.29 is 19.5 Å². The summed E-state index contributed by atoms with van der Waals surface area (Å²) < 4.78 is 0. The van der Waals surface area contributed by atoms with Crippen LogP contribution in [0, 0.1) is 5.92 Å². The summed E-state index contributed by atoms with van der Waals surface area (Å²) >= 11 is 0. The predicted molar refractivity (Wildman–Crippen MR) is 74.8 cm³/mol. The summed E-state index contributed by atoms with van der Waals surface area (Å²) in [6.07, 6.45) is 4.11. The van der Waals surface area contributed by atoms with Crippen molar-refractivity contribution in [1.29, 1.82) is 0 Å². The number of likely N-dealkylation sites (tertiary alicyclic amines) is 1. The Balaban J connectivity index is 2.02. The smallest absolute Gasteiger partial charge is 0.337 e. The third-order valence-electron chi connectivity index (χ3n) is 3.49. The van der Waals surface area contributed by atoms with Gasteiger partial charge in [-0.15, -0.1) is 0 Å². The van der Waals surface area contributed by atoms with E-state index in [1.54, 1.807) is 4.90 Å². The van der Waals surface area contributed by atoms with E-state index >= 15 is 0 Å². The second-order valence-electron chi connectivity index (χ2n) is 5.06. The molecular weight excluding hydrogens is 274 g/mol. The van der Waals surface area contributed by atoms with Gasteiger partial charge in [-0.3, -0.25) is 14.6 Å². The van der Waals surface area contributed by atoms with Crippen LogP contribution in [0.15, 0.2) is 18.5 Å². The highest BCUT2D eigenvalue weighted by atomic mass is 16.4. The van der Waals surface area contributed by atoms with Crippen molar-refractivity contribution in [2.45, 2.75) is 19.8 Å². The number of carboxylic acids is 1. The highest BCUT2D eigenvalue weighted by Crippen LogP contribution is 2.19. The van der Waals surface area contributed by atoms with Crippen molar-refractivity contribution in [3.63, 3.8) is 0 Å². The lowest BCUT2D eigenvalue weighted by Gasteiger charge is -2.31. The Morgan fingerprint density at radius 3 is 2.81 bits per heavy atom. The minimum Gasteiger partial charge on any atom is -0.478 e. The molecule has 0 bridgehead atoms. The van der Waals surface area contributed by atoms with Gasteiger partial charge in [0.25, 0.3) is 0 Å². The maximum atomic E-state index is 12.2. The first-order valence-electron chi connectivity index (χ1n) is 6.72. The van der Waals surface area contributed by atoms with Crippen LogP contribution in [0.1, 0.15) is 30.1 Å². The molecule has 112 valence electrons. The van der Waals surface area contributed by atoms with Crippen LogP contribution in [-0.2, 0) is 9.59 Å². The normalized spacial score (nSPS) is 18.1. The first kappa shape index (κ1) is 15.0. The Bertz CT molecular complexity index is 573. The number of amides is 2. The number of anilines is 1. The van der Waals surface area contributed by atoms with Crippen LogP contribution in [0.5, 0.6) is 0 Å². The molecule has 2 rings (SSSR count). The molecule has 7 heteroatoms. The van der Waals surface area contributed by atoms with Gasteiger partial charge in [0.15, 0.2) is 0 Å². The molecule has 2 N–H and O–H groups in total. The van der Waals surface area contributed by atoms with E-state index in [0.29, 0.717) is 25.2 Å². The summed E-state index contributed by atoms with van der Waals surface area (Å²) in [6, 6.07) is 1.36. The molecule has 1 fully saturated rings. The van der Waals surface area contributed by atoms with E-state index in [1.807, 2.05) is 0 Å². The average molecular weight is 291 g/mol. The van der Waals surface area contributed by atoms with Gasteiger partial charge in [0.05, 0.1) is 23.4 Å². The van der Waals surface area contributed by atoms with Crippen molar-refractivity contribution in [3.8, 4) is 0 Å². The first-order valence-corrected chi connectivity index (χ1v) is 6.72. The van der Waals surface area contributed by atoms with Gasteiger partial charge >= 0.3 is 5.97 Å². The number of rotatable bonds is 3. The van der Waals surface area contributed by atoms with Gasteiger partial charge in [0.2, 0.25) is 11.8 Å². The Morgan fingerprint density at radius 2 is 2.14 bits per heavy atom. The van der Waals surface area contributed by atoms with Crippen LogP contribution in [0.4, 0.5) is 5.69 Å². The zero-order valence-corrected chi connectivity index (χ0v) is 11.7. The number of nitrogens with one attached hydrogen (secondary N) is 1. The maximum Gasteiger partial charge on any atom is 0.337 e. The van der Waals surface area contributed by atoms with E-state index in [-0.39, 0.29) is 23.3 Å². The molecule has 0 saturated carbocycles. The Morgan fingerprint density at radius 1 is 1.38 bits per heavy atom. The zero-order valence-electron chi connectivity index (χ0n) is 11.7. The van der Waals surface area contributed by atoms with Crippen LogP contribution in [0.3, 0.4) is 0 Å². The fourth-order valence-electron chi connectivity index (χ4n) is 2.35. The van der Waals surface area contributed by atoms with Crippen LogP contribution in [0.25, 0.3) is 0 Å². The number of hydrogen-bond donors (Lipinski definition) is 2. The van der Waals surface area contributed by atoms with E-state index in [1.165, 1.54) is 25.4 Å². The number of pyridine rings is 1. The number of carbonyl (C=O) groups is 3. The number of aromatic carboxylic acids is 1. The number of carbonyl (C=O) groups excluding carboxylic acids is 2. The molecule has 1 aromatic rings. The molecule has 2 amide bonds. The number of aromatic nitrogens is 1. The average Bonchev–Trinajstić information content (AvgIpc) is 2.47. The summed E-state index contributed by atoms with van der Waals surface area (Å²) in [6.45, 7) is 2.56. The predicted octanol–water partition coefficient (Wildman–Crippen LogP) is 0.977. The lowest BCUT2D eigenvalue weighted by atomic mass is 9.97. The van der Waals surface area contributed by atoms with Gasteiger partial charge < -0.3 is 15.3 Å². The number of piperidine rings is 1. The third kappa shape index (κ3) is 3.77. The molecule has 1 saturated heterocycles. The van der Waals surface area contributed by atoms with Crippen molar-refractivity contribution in [1.82, 2.24) is 9.88 Å². The standard InChI is InChI=1S/C14H17N3O4/c1-9(18)17-4-2-3-10(8-17)13(19)16-12-5-11(14(20)21)6-15-7-12/h5-7,10H,2-4,8H2,1H3,(H,16,19)(H,20,21). The Kier molecular flexibility index (Phi) is 4.52. The van der Waals surface area contributed by atoms with Crippen LogP contribution < -0.4 is 5.32 Å². The number of carboxylic acid groups (broad SMARTS) is 1. The second-order valence-corrected chi connectivity index (χ2v) is 5.06.